The van der Waals surface area contributed by atoms with Crippen LogP contribution in [0.1, 0.15) is 5.56 Å². The number of carbonyl (C=O) groups is 1. The van der Waals surface area contributed by atoms with Crippen LogP contribution in [0.2, 0.25) is 10.0 Å². The van der Waals surface area contributed by atoms with E-state index in [4.69, 9.17) is 37.1 Å². The molecule has 0 aliphatic rings. The van der Waals surface area contributed by atoms with E-state index in [0.29, 0.717) is 38.6 Å². The molecule has 152 valence electrons. The molecule has 3 aromatic rings. The van der Waals surface area contributed by atoms with Crippen molar-refractivity contribution in [3.63, 3.8) is 0 Å². The molecule has 1 amide bonds. The van der Waals surface area contributed by atoms with Gasteiger partial charge in [-0.15, -0.1) is 10.2 Å². The Bertz CT molecular complexity index is 1040. The second-order valence-electron chi connectivity index (χ2n) is 5.67. The first kappa shape index (κ1) is 21.2. The topological polar surface area (TPSA) is 99.4 Å². The summed E-state index contributed by atoms with van der Waals surface area (Å²) in [7, 11) is 3.09. The van der Waals surface area contributed by atoms with Gasteiger partial charge in [0.25, 0.3) is 5.22 Å². The minimum Gasteiger partial charge on any atom is -0.493 e. The highest BCUT2D eigenvalue weighted by Crippen LogP contribution is 2.33. The van der Waals surface area contributed by atoms with Gasteiger partial charge in [-0.25, -0.2) is 4.98 Å². The van der Waals surface area contributed by atoms with Crippen LogP contribution in [0.15, 0.2) is 34.0 Å². The summed E-state index contributed by atoms with van der Waals surface area (Å²) in [5, 5.41) is 11.6. The number of benzene rings is 1. The summed E-state index contributed by atoms with van der Waals surface area (Å²) < 4.78 is 16.1. The molecule has 2 heterocycles. The molecule has 0 saturated heterocycles. The Morgan fingerprint density at radius 1 is 1.21 bits per heavy atom. The van der Waals surface area contributed by atoms with Crippen LogP contribution in [0.25, 0.3) is 11.5 Å². The zero-order valence-corrected chi connectivity index (χ0v) is 18.0. The van der Waals surface area contributed by atoms with Gasteiger partial charge in [-0.05, 0) is 30.7 Å². The average Bonchev–Trinajstić information content (AvgIpc) is 3.21. The summed E-state index contributed by atoms with van der Waals surface area (Å²) in [6.07, 6.45) is 1.43. The van der Waals surface area contributed by atoms with Gasteiger partial charge in [-0.2, -0.15) is 0 Å². The van der Waals surface area contributed by atoms with Gasteiger partial charge in [0.2, 0.25) is 11.8 Å². The predicted octanol–water partition coefficient (Wildman–Crippen LogP) is 4.49. The molecule has 0 radical (unpaired) electrons. The maximum Gasteiger partial charge on any atom is 0.277 e. The molecular weight excluding hydrogens is 439 g/mol. The van der Waals surface area contributed by atoms with Crippen molar-refractivity contribution >= 4 is 46.7 Å². The lowest BCUT2D eigenvalue weighted by atomic mass is 10.2. The molecule has 0 spiro atoms. The largest absolute Gasteiger partial charge is 0.493 e. The lowest BCUT2D eigenvalue weighted by molar-refractivity contribution is -0.113. The Kier molecular flexibility index (Phi) is 6.83. The monoisotopic (exact) mass is 454 g/mol. The number of ether oxygens (including phenoxy) is 2. The number of nitrogens with one attached hydrogen (secondary N) is 1. The number of pyridine rings is 1. The number of anilines is 1. The lowest BCUT2D eigenvalue weighted by Crippen LogP contribution is -2.15. The molecule has 0 aliphatic heterocycles. The third kappa shape index (κ3) is 4.92. The number of nitrogens with zero attached hydrogens (tertiary/aromatic N) is 3. The van der Waals surface area contributed by atoms with Crippen molar-refractivity contribution in [2.24, 2.45) is 0 Å². The first-order chi connectivity index (χ1) is 13.9. The normalized spacial score (nSPS) is 10.7. The van der Waals surface area contributed by atoms with E-state index in [1.165, 1.54) is 6.20 Å². The maximum atomic E-state index is 12.2. The van der Waals surface area contributed by atoms with Crippen molar-refractivity contribution < 1.29 is 18.7 Å². The zero-order chi connectivity index (χ0) is 21.0. The molecule has 0 unspecified atom stereocenters. The SMILES string of the molecule is COc1ccc(-c2nnc(SCC(=O)Nc3ncc(Cl)c(C)c3Cl)o2)cc1OC. The Hall–Kier alpha value is -2.49. The van der Waals surface area contributed by atoms with Crippen LogP contribution in [0.4, 0.5) is 5.82 Å². The van der Waals surface area contributed by atoms with Crippen LogP contribution < -0.4 is 14.8 Å². The highest BCUT2D eigenvalue weighted by Gasteiger charge is 2.15. The van der Waals surface area contributed by atoms with Crippen molar-refractivity contribution in [2.75, 3.05) is 25.3 Å². The zero-order valence-electron chi connectivity index (χ0n) is 15.7. The van der Waals surface area contributed by atoms with E-state index in [9.17, 15) is 4.79 Å². The minimum atomic E-state index is -0.322. The third-order valence-corrected chi connectivity index (χ3v) is 5.49. The second kappa shape index (κ2) is 9.34. The van der Waals surface area contributed by atoms with Crippen molar-refractivity contribution in [2.45, 2.75) is 12.1 Å². The van der Waals surface area contributed by atoms with Gasteiger partial charge in [0.15, 0.2) is 17.3 Å². The lowest BCUT2D eigenvalue weighted by Gasteiger charge is -2.08. The molecular formula is C18H16Cl2N4O4S. The van der Waals surface area contributed by atoms with Crippen LogP contribution in [0.3, 0.4) is 0 Å². The van der Waals surface area contributed by atoms with Crippen molar-refractivity contribution in [3.05, 3.63) is 40.0 Å². The Balaban J connectivity index is 1.64. The summed E-state index contributed by atoms with van der Waals surface area (Å²) in [6, 6.07) is 5.24. The number of amides is 1. The van der Waals surface area contributed by atoms with Gasteiger partial charge >= 0.3 is 0 Å². The molecule has 2 aromatic heterocycles. The fourth-order valence-electron chi connectivity index (χ4n) is 2.29. The Morgan fingerprint density at radius 2 is 1.97 bits per heavy atom. The number of rotatable bonds is 7. The van der Waals surface area contributed by atoms with Crippen LogP contribution in [-0.2, 0) is 4.79 Å². The summed E-state index contributed by atoms with van der Waals surface area (Å²) in [5.41, 5.74) is 1.31. The highest BCUT2D eigenvalue weighted by molar-refractivity contribution is 7.99. The molecule has 0 fully saturated rings. The van der Waals surface area contributed by atoms with E-state index in [2.05, 4.69) is 20.5 Å². The summed E-state index contributed by atoms with van der Waals surface area (Å²) in [6.45, 7) is 1.74. The summed E-state index contributed by atoms with van der Waals surface area (Å²) in [5.74, 6) is 1.39. The fourth-order valence-corrected chi connectivity index (χ4v) is 3.25. The van der Waals surface area contributed by atoms with Gasteiger partial charge in [0.1, 0.15) is 0 Å². The van der Waals surface area contributed by atoms with E-state index in [0.717, 1.165) is 11.8 Å². The molecule has 29 heavy (non-hydrogen) atoms. The van der Waals surface area contributed by atoms with Gasteiger partial charge in [0, 0.05) is 11.8 Å². The molecule has 0 aliphatic carbocycles. The molecule has 1 aromatic carbocycles. The van der Waals surface area contributed by atoms with Gasteiger partial charge in [-0.1, -0.05) is 35.0 Å². The quantitative estimate of drug-likeness (QED) is 0.520. The van der Waals surface area contributed by atoms with E-state index in [1.807, 2.05) is 0 Å². The standard InChI is InChI=1S/C18H16Cl2N4O4S/c1-9-11(19)7-21-16(15(9)20)22-14(25)8-29-18-24-23-17(28-18)10-4-5-12(26-2)13(6-10)27-3/h4-7H,8H2,1-3H3,(H,21,22,25). The van der Waals surface area contributed by atoms with Gasteiger partial charge < -0.3 is 19.2 Å². The van der Waals surface area contributed by atoms with Crippen molar-refractivity contribution in [3.8, 4) is 23.0 Å². The smallest absolute Gasteiger partial charge is 0.277 e. The number of hydrogen-bond acceptors (Lipinski definition) is 8. The number of carbonyl (C=O) groups excluding carboxylic acids is 1. The number of hydrogen-bond donors (Lipinski definition) is 1. The van der Waals surface area contributed by atoms with E-state index in [1.54, 1.807) is 39.3 Å². The summed E-state index contributed by atoms with van der Waals surface area (Å²) >= 11 is 13.2. The van der Waals surface area contributed by atoms with Crippen molar-refractivity contribution in [1.82, 2.24) is 15.2 Å². The summed E-state index contributed by atoms with van der Waals surface area (Å²) in [4.78, 5) is 16.2. The number of thioether (sulfide) groups is 1. The van der Waals surface area contributed by atoms with Crippen LogP contribution in [0.5, 0.6) is 11.5 Å². The van der Waals surface area contributed by atoms with E-state index >= 15 is 0 Å². The van der Waals surface area contributed by atoms with E-state index < -0.39 is 0 Å². The molecule has 0 saturated carbocycles. The average molecular weight is 455 g/mol. The van der Waals surface area contributed by atoms with Crippen LogP contribution in [-0.4, -0.2) is 41.1 Å². The molecule has 0 atom stereocenters. The minimum absolute atomic E-state index is 0.0350. The van der Waals surface area contributed by atoms with Crippen LogP contribution in [0, 0.1) is 6.92 Å². The first-order valence-electron chi connectivity index (χ1n) is 8.22. The van der Waals surface area contributed by atoms with E-state index in [-0.39, 0.29) is 22.7 Å². The van der Waals surface area contributed by atoms with Crippen LogP contribution >= 0.6 is 35.0 Å². The Morgan fingerprint density at radius 3 is 2.69 bits per heavy atom. The number of aromatic nitrogens is 3. The van der Waals surface area contributed by atoms with Crippen molar-refractivity contribution in [1.29, 1.82) is 0 Å². The third-order valence-electron chi connectivity index (χ3n) is 3.82. The molecule has 3 rings (SSSR count). The molecule has 0 bridgehead atoms. The maximum absolute atomic E-state index is 12.2. The first-order valence-corrected chi connectivity index (χ1v) is 9.96. The number of halogens is 2. The fraction of sp³-hybridized carbons (Fsp3) is 0.222. The second-order valence-corrected chi connectivity index (χ2v) is 7.39. The Labute approximate surface area is 180 Å². The predicted molar refractivity (Wildman–Crippen MR) is 111 cm³/mol. The molecule has 8 nitrogen and oxygen atoms in total. The number of methoxy groups -OCH3 is 2. The molecule has 11 heteroatoms. The highest BCUT2D eigenvalue weighted by atomic mass is 35.5. The van der Waals surface area contributed by atoms with Gasteiger partial charge in [-0.3, -0.25) is 4.79 Å². The van der Waals surface area contributed by atoms with Gasteiger partial charge in [0.05, 0.1) is 30.0 Å². The molecule has 1 N–H and O–H groups in total.